The van der Waals surface area contributed by atoms with Crippen molar-refractivity contribution in [2.24, 2.45) is 0 Å². The van der Waals surface area contributed by atoms with E-state index < -0.39 is 0 Å². The minimum Gasteiger partial charge on any atom is -0.339 e. The number of piperazine rings is 1. The van der Waals surface area contributed by atoms with Gasteiger partial charge in [-0.25, -0.2) is 0 Å². The maximum atomic E-state index is 13.1. The van der Waals surface area contributed by atoms with Gasteiger partial charge in [-0.1, -0.05) is 48.0 Å². The van der Waals surface area contributed by atoms with E-state index >= 15 is 0 Å². The van der Waals surface area contributed by atoms with Gasteiger partial charge in [0.25, 0.3) is 17.7 Å². The third-order valence-corrected chi connectivity index (χ3v) is 6.62. The van der Waals surface area contributed by atoms with Crippen LogP contribution in [0.2, 0.25) is 0 Å². The van der Waals surface area contributed by atoms with E-state index in [2.05, 4.69) is 0 Å². The van der Waals surface area contributed by atoms with E-state index in [1.165, 1.54) is 0 Å². The maximum Gasteiger partial charge on any atom is 0.261 e. The number of benzene rings is 3. The molecule has 0 saturated carbocycles. The molecule has 3 aromatic rings. The molecule has 2 aliphatic heterocycles. The zero-order valence-corrected chi connectivity index (χ0v) is 19.0. The van der Waals surface area contributed by atoms with Crippen molar-refractivity contribution in [3.05, 3.63) is 82.9 Å². The predicted molar refractivity (Wildman–Crippen MR) is 128 cm³/mol. The predicted octanol–water partition coefficient (Wildman–Crippen LogP) is 3.12. The summed E-state index contributed by atoms with van der Waals surface area (Å²) < 4.78 is 0. The fraction of sp³-hybridized carbons (Fsp3) is 0.259. The maximum absolute atomic E-state index is 13.1. The molecule has 2 heterocycles. The van der Waals surface area contributed by atoms with Crippen LogP contribution in [0.25, 0.3) is 10.8 Å². The average Bonchev–Trinajstić information content (AvgIpc) is 3.10. The van der Waals surface area contributed by atoms with Crippen molar-refractivity contribution in [3.8, 4) is 0 Å². The molecule has 0 radical (unpaired) electrons. The summed E-state index contributed by atoms with van der Waals surface area (Å²) >= 11 is 0. The SMILES string of the molecule is Cc1ccc2c(c1)C(=O)N(CCC(=O)N1CCN(C(=O)c3cccc4ccccc34)CC1)C2=O. The van der Waals surface area contributed by atoms with Crippen LogP contribution < -0.4 is 0 Å². The molecule has 7 nitrogen and oxygen atoms in total. The summed E-state index contributed by atoms with van der Waals surface area (Å²) in [6.45, 7) is 3.67. The van der Waals surface area contributed by atoms with Crippen LogP contribution in [-0.2, 0) is 4.79 Å². The van der Waals surface area contributed by atoms with Gasteiger partial charge in [-0.15, -0.1) is 0 Å². The number of imide groups is 1. The summed E-state index contributed by atoms with van der Waals surface area (Å²) in [7, 11) is 0. The van der Waals surface area contributed by atoms with E-state index in [0.29, 0.717) is 42.9 Å². The molecule has 3 aromatic carbocycles. The largest absolute Gasteiger partial charge is 0.339 e. The van der Waals surface area contributed by atoms with Gasteiger partial charge in [0.1, 0.15) is 0 Å². The fourth-order valence-corrected chi connectivity index (χ4v) is 4.71. The third-order valence-electron chi connectivity index (χ3n) is 6.62. The lowest BCUT2D eigenvalue weighted by Crippen LogP contribution is -2.51. The van der Waals surface area contributed by atoms with Gasteiger partial charge in [-0.2, -0.15) is 0 Å². The highest BCUT2D eigenvalue weighted by molar-refractivity contribution is 6.21. The lowest BCUT2D eigenvalue weighted by atomic mass is 10.0. The summed E-state index contributed by atoms with van der Waals surface area (Å²) in [6.07, 6.45) is 0.0712. The summed E-state index contributed by atoms with van der Waals surface area (Å²) in [4.78, 5) is 55.8. The van der Waals surface area contributed by atoms with Crippen molar-refractivity contribution in [1.29, 1.82) is 0 Å². The second-order valence-electron chi connectivity index (χ2n) is 8.76. The van der Waals surface area contributed by atoms with Crippen LogP contribution in [0.1, 0.15) is 43.1 Å². The number of amides is 4. The molecule has 2 aliphatic rings. The second kappa shape index (κ2) is 8.74. The summed E-state index contributed by atoms with van der Waals surface area (Å²) in [5, 5.41) is 1.94. The van der Waals surface area contributed by atoms with Crippen LogP contribution in [0, 0.1) is 6.92 Å². The average molecular weight is 456 g/mol. The Hall–Kier alpha value is -4.00. The van der Waals surface area contributed by atoms with Crippen LogP contribution >= 0.6 is 0 Å². The van der Waals surface area contributed by atoms with Gasteiger partial charge in [-0.3, -0.25) is 24.1 Å². The molecule has 1 fully saturated rings. The molecule has 7 heteroatoms. The zero-order valence-electron chi connectivity index (χ0n) is 19.0. The minimum absolute atomic E-state index is 0.0368. The highest BCUT2D eigenvalue weighted by Crippen LogP contribution is 2.24. The van der Waals surface area contributed by atoms with Crippen LogP contribution in [0.15, 0.2) is 60.7 Å². The summed E-state index contributed by atoms with van der Waals surface area (Å²) in [5.74, 6) is -0.851. The molecule has 172 valence electrons. The Balaban J connectivity index is 1.18. The normalized spacial score (nSPS) is 15.7. The molecular weight excluding hydrogens is 430 g/mol. The Morgan fingerprint density at radius 2 is 1.47 bits per heavy atom. The van der Waals surface area contributed by atoms with E-state index in [4.69, 9.17) is 0 Å². The molecule has 0 N–H and O–H groups in total. The van der Waals surface area contributed by atoms with Gasteiger partial charge in [-0.05, 0) is 35.9 Å². The second-order valence-corrected chi connectivity index (χ2v) is 8.76. The number of carbonyl (C=O) groups excluding carboxylic acids is 4. The molecule has 0 aromatic heterocycles. The molecule has 0 unspecified atom stereocenters. The zero-order chi connectivity index (χ0) is 23.8. The van der Waals surface area contributed by atoms with E-state index in [1.54, 1.807) is 28.0 Å². The number of nitrogens with zero attached hydrogens (tertiary/aromatic N) is 3. The Morgan fingerprint density at radius 3 is 2.26 bits per heavy atom. The van der Waals surface area contributed by atoms with Crippen LogP contribution in [0.4, 0.5) is 0 Å². The van der Waals surface area contributed by atoms with Gasteiger partial charge in [0, 0.05) is 44.7 Å². The molecule has 0 spiro atoms. The number of fused-ring (bicyclic) bond motifs is 2. The van der Waals surface area contributed by atoms with Crippen molar-refractivity contribution >= 4 is 34.4 Å². The van der Waals surface area contributed by atoms with E-state index in [9.17, 15) is 19.2 Å². The van der Waals surface area contributed by atoms with E-state index in [1.807, 2.05) is 49.4 Å². The molecule has 1 saturated heterocycles. The highest BCUT2D eigenvalue weighted by Gasteiger charge is 2.36. The van der Waals surface area contributed by atoms with Crippen molar-refractivity contribution in [3.63, 3.8) is 0 Å². The van der Waals surface area contributed by atoms with Gasteiger partial charge >= 0.3 is 0 Å². The van der Waals surface area contributed by atoms with Gasteiger partial charge in [0.15, 0.2) is 0 Å². The Labute approximate surface area is 197 Å². The standard InChI is InChI=1S/C27H25N3O4/c1-18-9-10-22-23(17-18)27(34)30(26(22)33)12-11-24(31)28-13-15-29(16-14-28)25(32)21-8-4-6-19-5-2-3-7-20(19)21/h2-10,17H,11-16H2,1H3. The first-order chi connectivity index (χ1) is 16.4. The molecule has 34 heavy (non-hydrogen) atoms. The quantitative estimate of drug-likeness (QED) is 0.567. The van der Waals surface area contributed by atoms with Crippen LogP contribution in [0.5, 0.6) is 0 Å². The molecular formula is C27H25N3O4. The summed E-state index contributed by atoms with van der Waals surface area (Å²) in [5.41, 5.74) is 2.37. The molecule has 4 amide bonds. The van der Waals surface area contributed by atoms with Crippen molar-refractivity contribution in [2.45, 2.75) is 13.3 Å². The van der Waals surface area contributed by atoms with Crippen molar-refractivity contribution in [2.75, 3.05) is 32.7 Å². The lowest BCUT2D eigenvalue weighted by Gasteiger charge is -2.35. The smallest absolute Gasteiger partial charge is 0.261 e. The number of aryl methyl sites for hydroxylation is 1. The monoisotopic (exact) mass is 455 g/mol. The van der Waals surface area contributed by atoms with Crippen LogP contribution in [0.3, 0.4) is 0 Å². The third kappa shape index (κ3) is 3.83. The van der Waals surface area contributed by atoms with E-state index in [0.717, 1.165) is 21.2 Å². The molecule has 5 rings (SSSR count). The van der Waals surface area contributed by atoms with Crippen LogP contribution in [-0.4, -0.2) is 71.1 Å². The highest BCUT2D eigenvalue weighted by atomic mass is 16.2. The first-order valence-electron chi connectivity index (χ1n) is 11.5. The van der Waals surface area contributed by atoms with Crippen molar-refractivity contribution in [1.82, 2.24) is 14.7 Å². The number of hydrogen-bond donors (Lipinski definition) is 0. The Bertz CT molecular complexity index is 1320. The number of hydrogen-bond acceptors (Lipinski definition) is 4. The number of rotatable bonds is 4. The topological polar surface area (TPSA) is 78.0 Å². The van der Waals surface area contributed by atoms with Gasteiger partial charge in [0.2, 0.25) is 5.91 Å². The molecule has 0 aliphatic carbocycles. The van der Waals surface area contributed by atoms with Crippen molar-refractivity contribution < 1.29 is 19.2 Å². The minimum atomic E-state index is -0.349. The Kier molecular flexibility index (Phi) is 5.61. The molecule has 0 atom stereocenters. The van der Waals surface area contributed by atoms with E-state index in [-0.39, 0.29) is 36.6 Å². The fourth-order valence-electron chi connectivity index (χ4n) is 4.71. The Morgan fingerprint density at radius 1 is 0.794 bits per heavy atom. The first kappa shape index (κ1) is 21.8. The number of carbonyl (C=O) groups is 4. The first-order valence-corrected chi connectivity index (χ1v) is 11.5. The summed E-state index contributed by atoms with van der Waals surface area (Å²) in [6, 6.07) is 18.7. The lowest BCUT2D eigenvalue weighted by molar-refractivity contribution is -0.132. The van der Waals surface area contributed by atoms with Gasteiger partial charge < -0.3 is 9.80 Å². The molecule has 0 bridgehead atoms. The van der Waals surface area contributed by atoms with Gasteiger partial charge in [0.05, 0.1) is 11.1 Å².